The summed E-state index contributed by atoms with van der Waals surface area (Å²) in [5.74, 6) is 0.863. The van der Waals surface area contributed by atoms with Crippen LogP contribution in [-0.4, -0.2) is 21.5 Å². The van der Waals surface area contributed by atoms with Gasteiger partial charge in [0.25, 0.3) is 0 Å². The number of hydrogen-bond donors (Lipinski definition) is 2. The molecule has 0 bridgehead atoms. The Morgan fingerprint density at radius 3 is 2.62 bits per heavy atom. The van der Waals surface area contributed by atoms with Gasteiger partial charge in [0.1, 0.15) is 0 Å². The Morgan fingerprint density at radius 1 is 1.25 bits per heavy atom. The predicted octanol–water partition coefficient (Wildman–Crippen LogP) is 3.51. The van der Waals surface area contributed by atoms with Crippen molar-refractivity contribution in [2.45, 2.75) is 58.7 Å². The number of rotatable bonds is 8. The number of aromatic nitrogens is 2. The lowest BCUT2D eigenvalue weighted by Gasteiger charge is -2.30. The molecule has 1 fully saturated rings. The zero-order valence-corrected chi connectivity index (χ0v) is 14.8. The molecule has 1 aliphatic rings. The minimum atomic E-state index is 0.128. The zero-order chi connectivity index (χ0) is 16.9. The number of aliphatic hydroxyl groups excluding tert-OH is 1. The SMILES string of the molecule is Cc1nn(CCO)c(C)c1CNC(CC1CCC1)c1ccccc1. The Kier molecular flexibility index (Phi) is 5.69. The molecule has 1 aromatic carbocycles. The number of aliphatic hydroxyl groups is 1. The molecule has 2 N–H and O–H groups in total. The molecule has 1 aliphatic carbocycles. The van der Waals surface area contributed by atoms with Gasteiger partial charge in [0.15, 0.2) is 0 Å². The third-order valence-electron chi connectivity index (χ3n) is 5.36. The van der Waals surface area contributed by atoms with E-state index in [1.54, 1.807) is 0 Å². The van der Waals surface area contributed by atoms with Gasteiger partial charge < -0.3 is 10.4 Å². The van der Waals surface area contributed by atoms with Gasteiger partial charge >= 0.3 is 0 Å². The highest BCUT2D eigenvalue weighted by atomic mass is 16.3. The van der Waals surface area contributed by atoms with Crippen LogP contribution in [-0.2, 0) is 13.1 Å². The molecule has 2 aromatic rings. The molecular weight excluding hydrogens is 298 g/mol. The summed E-state index contributed by atoms with van der Waals surface area (Å²) >= 11 is 0. The number of hydrogen-bond acceptors (Lipinski definition) is 3. The molecule has 4 heteroatoms. The highest BCUT2D eigenvalue weighted by Gasteiger charge is 2.23. The van der Waals surface area contributed by atoms with Crippen molar-refractivity contribution in [1.29, 1.82) is 0 Å². The first-order valence-corrected chi connectivity index (χ1v) is 9.11. The van der Waals surface area contributed by atoms with E-state index in [2.05, 4.69) is 54.6 Å². The first-order valence-electron chi connectivity index (χ1n) is 9.11. The van der Waals surface area contributed by atoms with Gasteiger partial charge in [0.2, 0.25) is 0 Å². The zero-order valence-electron chi connectivity index (χ0n) is 14.8. The van der Waals surface area contributed by atoms with Gasteiger partial charge in [-0.25, -0.2) is 0 Å². The van der Waals surface area contributed by atoms with Crippen molar-refractivity contribution < 1.29 is 5.11 Å². The molecule has 130 valence electrons. The van der Waals surface area contributed by atoms with Crippen LogP contribution in [0, 0.1) is 19.8 Å². The minimum absolute atomic E-state index is 0.128. The molecule has 0 radical (unpaired) electrons. The number of benzene rings is 1. The quantitative estimate of drug-likeness (QED) is 0.780. The summed E-state index contributed by atoms with van der Waals surface area (Å²) in [6, 6.07) is 11.2. The van der Waals surface area contributed by atoms with Crippen LogP contribution in [0.1, 0.15) is 54.2 Å². The molecule has 4 nitrogen and oxygen atoms in total. The van der Waals surface area contributed by atoms with Gasteiger partial charge in [-0.05, 0) is 31.7 Å². The average Bonchev–Trinajstić information content (AvgIpc) is 2.81. The average molecular weight is 327 g/mol. The van der Waals surface area contributed by atoms with Gasteiger partial charge in [0, 0.05) is 23.8 Å². The van der Waals surface area contributed by atoms with Crippen molar-refractivity contribution in [3.8, 4) is 0 Å². The van der Waals surface area contributed by atoms with Crippen LogP contribution in [0.15, 0.2) is 30.3 Å². The largest absolute Gasteiger partial charge is 0.394 e. The predicted molar refractivity (Wildman–Crippen MR) is 96.8 cm³/mol. The Bertz CT molecular complexity index is 646. The highest BCUT2D eigenvalue weighted by molar-refractivity contribution is 5.25. The van der Waals surface area contributed by atoms with E-state index < -0.39 is 0 Å². The third kappa shape index (κ3) is 3.87. The maximum absolute atomic E-state index is 9.17. The Morgan fingerprint density at radius 2 is 2.00 bits per heavy atom. The van der Waals surface area contributed by atoms with Crippen LogP contribution in [0.2, 0.25) is 0 Å². The van der Waals surface area contributed by atoms with E-state index in [4.69, 9.17) is 5.11 Å². The van der Waals surface area contributed by atoms with Gasteiger partial charge in [-0.15, -0.1) is 0 Å². The van der Waals surface area contributed by atoms with Crippen LogP contribution in [0.4, 0.5) is 0 Å². The van der Waals surface area contributed by atoms with E-state index in [0.717, 1.165) is 23.9 Å². The second kappa shape index (κ2) is 7.95. The lowest BCUT2D eigenvalue weighted by atomic mass is 9.79. The van der Waals surface area contributed by atoms with E-state index >= 15 is 0 Å². The molecule has 1 atom stereocenters. The van der Waals surface area contributed by atoms with Crippen LogP contribution < -0.4 is 5.32 Å². The van der Waals surface area contributed by atoms with Crippen LogP contribution in [0.5, 0.6) is 0 Å². The van der Waals surface area contributed by atoms with Crippen molar-refractivity contribution in [2.24, 2.45) is 5.92 Å². The number of nitrogens with zero attached hydrogens (tertiary/aromatic N) is 2. The van der Waals surface area contributed by atoms with Crippen LogP contribution >= 0.6 is 0 Å². The molecule has 24 heavy (non-hydrogen) atoms. The maximum atomic E-state index is 9.17. The number of aryl methyl sites for hydroxylation is 1. The fourth-order valence-corrected chi connectivity index (χ4v) is 3.61. The van der Waals surface area contributed by atoms with E-state index in [0.29, 0.717) is 12.6 Å². The summed E-state index contributed by atoms with van der Waals surface area (Å²) < 4.78 is 1.91. The van der Waals surface area contributed by atoms with E-state index in [9.17, 15) is 0 Å². The normalized spacial score (nSPS) is 16.1. The van der Waals surface area contributed by atoms with E-state index in [1.165, 1.54) is 36.8 Å². The van der Waals surface area contributed by atoms with Crippen molar-refractivity contribution in [3.05, 3.63) is 52.8 Å². The second-order valence-corrected chi connectivity index (χ2v) is 6.97. The topological polar surface area (TPSA) is 50.1 Å². The fraction of sp³-hybridized carbons (Fsp3) is 0.550. The molecule has 1 saturated carbocycles. The summed E-state index contributed by atoms with van der Waals surface area (Å²) in [6.45, 7) is 5.67. The summed E-state index contributed by atoms with van der Waals surface area (Å²) in [6.07, 6.45) is 5.35. The summed E-state index contributed by atoms with van der Waals surface area (Å²) in [7, 11) is 0. The second-order valence-electron chi connectivity index (χ2n) is 6.97. The van der Waals surface area contributed by atoms with Crippen molar-refractivity contribution in [1.82, 2.24) is 15.1 Å². The Labute approximate surface area is 144 Å². The molecule has 0 saturated heterocycles. The highest BCUT2D eigenvalue weighted by Crippen LogP contribution is 2.35. The van der Waals surface area contributed by atoms with Gasteiger partial charge in [-0.1, -0.05) is 49.6 Å². The molecule has 3 rings (SSSR count). The molecule has 0 spiro atoms. The maximum Gasteiger partial charge on any atom is 0.0644 e. The van der Waals surface area contributed by atoms with Crippen LogP contribution in [0.25, 0.3) is 0 Å². The standard InChI is InChI=1S/C20H29N3O/c1-15-19(16(2)23(22-15)11-12-24)14-21-20(13-17-7-6-8-17)18-9-4-3-5-10-18/h3-5,9-10,17,20-21,24H,6-8,11-14H2,1-2H3. The van der Waals surface area contributed by atoms with E-state index in [1.807, 2.05) is 4.68 Å². The van der Waals surface area contributed by atoms with E-state index in [-0.39, 0.29) is 6.61 Å². The summed E-state index contributed by atoms with van der Waals surface area (Å²) in [5, 5.41) is 17.5. The van der Waals surface area contributed by atoms with Gasteiger partial charge in [0.05, 0.1) is 18.8 Å². The number of nitrogens with one attached hydrogen (secondary N) is 1. The first-order chi connectivity index (χ1) is 11.7. The summed E-state index contributed by atoms with van der Waals surface area (Å²) in [5.41, 5.74) is 4.86. The first kappa shape index (κ1) is 17.2. The molecular formula is C20H29N3O. The molecule has 1 heterocycles. The minimum Gasteiger partial charge on any atom is -0.394 e. The molecule has 1 aromatic heterocycles. The monoisotopic (exact) mass is 327 g/mol. The summed E-state index contributed by atoms with van der Waals surface area (Å²) in [4.78, 5) is 0. The van der Waals surface area contributed by atoms with Crippen molar-refractivity contribution in [3.63, 3.8) is 0 Å². The Balaban J connectivity index is 1.71. The molecule has 0 aliphatic heterocycles. The van der Waals surface area contributed by atoms with Crippen LogP contribution in [0.3, 0.4) is 0 Å². The van der Waals surface area contributed by atoms with Crippen molar-refractivity contribution >= 4 is 0 Å². The molecule has 1 unspecified atom stereocenters. The fourth-order valence-electron chi connectivity index (χ4n) is 3.61. The third-order valence-corrected chi connectivity index (χ3v) is 5.36. The van der Waals surface area contributed by atoms with Gasteiger partial charge in [-0.2, -0.15) is 5.10 Å². The van der Waals surface area contributed by atoms with Gasteiger partial charge in [-0.3, -0.25) is 4.68 Å². The van der Waals surface area contributed by atoms with Crippen molar-refractivity contribution in [2.75, 3.05) is 6.61 Å². The lowest BCUT2D eigenvalue weighted by molar-refractivity contribution is 0.260. The smallest absolute Gasteiger partial charge is 0.0644 e. The Hall–Kier alpha value is -1.65. The lowest BCUT2D eigenvalue weighted by Crippen LogP contribution is -2.26. The molecule has 0 amide bonds.